The molecule has 32 heavy (non-hydrogen) atoms. The van der Waals surface area contributed by atoms with Crippen molar-refractivity contribution >= 4 is 17.6 Å². The molecule has 5 fully saturated rings. The van der Waals surface area contributed by atoms with Gasteiger partial charge in [0.05, 0.1) is 17.6 Å². The minimum atomic E-state index is -0.826. The van der Waals surface area contributed by atoms with Gasteiger partial charge in [0.2, 0.25) is 0 Å². The Bertz CT molecular complexity index is 913. The number of carbonyl (C=O) groups excluding carboxylic acids is 1. The van der Waals surface area contributed by atoms with Crippen molar-refractivity contribution in [2.24, 2.45) is 23.2 Å². The zero-order valence-electron chi connectivity index (χ0n) is 19.1. The molecule has 5 aliphatic rings. The molecule has 0 aromatic heterocycles. The molecule has 0 amide bonds. The molecule has 1 spiro atoms. The van der Waals surface area contributed by atoms with Crippen LogP contribution in [-0.2, 0) is 19.9 Å². The maximum absolute atomic E-state index is 13.0. The van der Waals surface area contributed by atoms with Crippen LogP contribution in [-0.4, -0.2) is 53.4 Å². The van der Waals surface area contributed by atoms with Crippen LogP contribution in [0.15, 0.2) is 24.3 Å². The van der Waals surface area contributed by atoms with Crippen LogP contribution in [0.3, 0.4) is 0 Å². The molecule has 6 rings (SSSR count). The number of hydrogen-bond acceptors (Lipinski definition) is 5. The number of halogens is 1. The molecule has 3 saturated heterocycles. The third kappa shape index (κ3) is 2.97. The summed E-state index contributed by atoms with van der Waals surface area (Å²) < 4.78 is 12.5. The van der Waals surface area contributed by atoms with Crippen LogP contribution in [0, 0.1) is 23.2 Å². The minimum Gasteiger partial charge on any atom is -0.462 e. The van der Waals surface area contributed by atoms with E-state index in [9.17, 15) is 9.90 Å². The Labute approximate surface area is 195 Å². The number of likely N-dealkylation sites (tertiary alicyclic amines) is 1. The highest BCUT2D eigenvalue weighted by Gasteiger charge is 2.78. The fraction of sp³-hybridized carbons (Fsp3) is 0.731. The van der Waals surface area contributed by atoms with Crippen molar-refractivity contribution in [2.75, 3.05) is 19.6 Å². The number of esters is 1. The average Bonchev–Trinajstić information content (AvgIpc) is 3.44. The molecule has 0 radical (unpaired) electrons. The standard InChI is InChI=1S/C26H34ClNO4/c1-16-4-3-9-24(2)14-20-21(22-26(16,24)32-22)19(23(29)31-20)15-28-12-10-25(30,11-13-28)17-5-7-18(27)8-6-17/h5-8,16,19-22,30H,3-4,9-15H2,1-2H3/t16-,19+,20+,21+,22+,24+,26-/m0/s1. The van der Waals surface area contributed by atoms with Crippen molar-refractivity contribution in [3.8, 4) is 0 Å². The van der Waals surface area contributed by atoms with E-state index in [1.165, 1.54) is 19.3 Å². The molecule has 6 heteroatoms. The molecular formula is C26H34ClNO4. The van der Waals surface area contributed by atoms with Crippen LogP contribution < -0.4 is 0 Å². The van der Waals surface area contributed by atoms with Crippen LogP contribution >= 0.6 is 11.6 Å². The Morgan fingerprint density at radius 2 is 1.91 bits per heavy atom. The fourth-order valence-corrected chi connectivity index (χ4v) is 8.00. The second-order valence-corrected chi connectivity index (χ2v) is 11.8. The maximum atomic E-state index is 13.0. The first kappa shape index (κ1) is 21.4. The molecule has 0 unspecified atom stereocenters. The molecular weight excluding hydrogens is 426 g/mol. The van der Waals surface area contributed by atoms with Gasteiger partial charge in [-0.05, 0) is 55.7 Å². The van der Waals surface area contributed by atoms with Crippen LogP contribution in [0.1, 0.15) is 57.9 Å². The first-order chi connectivity index (χ1) is 15.3. The lowest BCUT2D eigenvalue weighted by molar-refractivity contribution is -0.147. The van der Waals surface area contributed by atoms with Crippen molar-refractivity contribution in [3.63, 3.8) is 0 Å². The lowest BCUT2D eigenvalue weighted by atomic mass is 9.53. The van der Waals surface area contributed by atoms with Crippen LogP contribution in [0.5, 0.6) is 0 Å². The minimum absolute atomic E-state index is 0.000727. The van der Waals surface area contributed by atoms with Gasteiger partial charge in [-0.15, -0.1) is 0 Å². The van der Waals surface area contributed by atoms with E-state index in [0.717, 1.165) is 25.1 Å². The Hall–Kier alpha value is -1.14. The summed E-state index contributed by atoms with van der Waals surface area (Å²) >= 11 is 6.01. The zero-order valence-corrected chi connectivity index (χ0v) is 19.8. The number of rotatable bonds is 3. The second-order valence-electron chi connectivity index (χ2n) is 11.4. The van der Waals surface area contributed by atoms with Gasteiger partial charge in [-0.25, -0.2) is 0 Å². The topological polar surface area (TPSA) is 62.3 Å². The number of carbonyl (C=O) groups is 1. The van der Waals surface area contributed by atoms with E-state index >= 15 is 0 Å². The van der Waals surface area contributed by atoms with Gasteiger partial charge in [-0.2, -0.15) is 0 Å². The van der Waals surface area contributed by atoms with Gasteiger partial charge in [0.15, 0.2) is 0 Å². The molecule has 1 aromatic carbocycles. The van der Waals surface area contributed by atoms with Crippen molar-refractivity contribution in [1.82, 2.24) is 4.90 Å². The molecule has 174 valence electrons. The molecule has 3 aliphatic heterocycles. The number of ether oxygens (including phenoxy) is 2. The monoisotopic (exact) mass is 459 g/mol. The summed E-state index contributed by atoms with van der Waals surface area (Å²) in [5.41, 5.74) is 0.183. The average molecular weight is 460 g/mol. The summed E-state index contributed by atoms with van der Waals surface area (Å²) in [6, 6.07) is 7.52. The summed E-state index contributed by atoms with van der Waals surface area (Å²) in [4.78, 5) is 15.3. The molecule has 3 heterocycles. The number of nitrogens with zero attached hydrogens (tertiary/aromatic N) is 1. The van der Waals surface area contributed by atoms with Crippen molar-refractivity contribution < 1.29 is 19.4 Å². The maximum Gasteiger partial charge on any atom is 0.311 e. The largest absolute Gasteiger partial charge is 0.462 e. The number of piperidine rings is 1. The van der Waals surface area contributed by atoms with Crippen molar-refractivity contribution in [1.29, 1.82) is 0 Å². The molecule has 2 saturated carbocycles. The normalized spacial score (nSPS) is 44.9. The van der Waals surface area contributed by atoms with Crippen LogP contribution in [0.2, 0.25) is 5.02 Å². The fourth-order valence-electron chi connectivity index (χ4n) is 7.88. The first-order valence-corrected chi connectivity index (χ1v) is 12.7. The summed E-state index contributed by atoms with van der Waals surface area (Å²) in [5.74, 6) is 0.560. The van der Waals surface area contributed by atoms with E-state index in [1.807, 2.05) is 24.3 Å². The summed E-state index contributed by atoms with van der Waals surface area (Å²) in [6.45, 7) is 6.95. The quantitative estimate of drug-likeness (QED) is 0.543. The number of epoxide rings is 1. The van der Waals surface area contributed by atoms with Gasteiger partial charge < -0.3 is 19.5 Å². The Balaban J connectivity index is 1.15. The van der Waals surface area contributed by atoms with E-state index in [0.29, 0.717) is 30.3 Å². The highest BCUT2D eigenvalue weighted by molar-refractivity contribution is 6.30. The summed E-state index contributed by atoms with van der Waals surface area (Å²) in [7, 11) is 0. The number of aliphatic hydroxyl groups is 1. The van der Waals surface area contributed by atoms with E-state index in [4.69, 9.17) is 21.1 Å². The smallest absolute Gasteiger partial charge is 0.311 e. The number of benzene rings is 1. The third-order valence-electron chi connectivity index (χ3n) is 9.71. The second kappa shape index (κ2) is 7.18. The van der Waals surface area contributed by atoms with Gasteiger partial charge in [0, 0.05) is 36.0 Å². The summed E-state index contributed by atoms with van der Waals surface area (Å²) in [6.07, 6.45) is 6.05. The van der Waals surface area contributed by atoms with Gasteiger partial charge >= 0.3 is 5.97 Å². The molecule has 5 nitrogen and oxygen atoms in total. The van der Waals surface area contributed by atoms with Crippen LogP contribution in [0.4, 0.5) is 0 Å². The van der Waals surface area contributed by atoms with Gasteiger partial charge in [0.1, 0.15) is 11.7 Å². The van der Waals surface area contributed by atoms with E-state index in [1.54, 1.807) is 0 Å². The van der Waals surface area contributed by atoms with Gasteiger partial charge in [-0.1, -0.05) is 44.0 Å². The number of fused-ring (bicyclic) bond motifs is 2. The SMILES string of the molecule is C[C@H]1CCC[C@]2(C)C[C@H]3OC(=O)[C@H](CN4CCC(O)(c5ccc(Cl)cc5)CC4)[C@H]3[C@H]3O[C@]312. The molecule has 1 aromatic rings. The van der Waals surface area contributed by atoms with Crippen molar-refractivity contribution in [2.45, 2.75) is 75.8 Å². The third-order valence-corrected chi connectivity index (χ3v) is 9.97. The Morgan fingerprint density at radius 1 is 1.19 bits per heavy atom. The predicted octanol–water partition coefficient (Wildman–Crippen LogP) is 4.15. The zero-order chi connectivity index (χ0) is 22.3. The van der Waals surface area contributed by atoms with Crippen LogP contribution in [0.25, 0.3) is 0 Å². The molecule has 0 bridgehead atoms. The highest BCUT2D eigenvalue weighted by atomic mass is 35.5. The van der Waals surface area contributed by atoms with E-state index < -0.39 is 5.60 Å². The number of hydrogen-bond donors (Lipinski definition) is 1. The molecule has 1 N–H and O–H groups in total. The first-order valence-electron chi connectivity index (χ1n) is 12.3. The summed E-state index contributed by atoms with van der Waals surface area (Å²) in [5, 5.41) is 11.9. The molecule has 7 atom stereocenters. The lowest BCUT2D eigenvalue weighted by Crippen LogP contribution is -2.55. The van der Waals surface area contributed by atoms with E-state index in [-0.39, 0.29) is 41.0 Å². The van der Waals surface area contributed by atoms with Gasteiger partial charge in [0.25, 0.3) is 0 Å². The predicted molar refractivity (Wildman–Crippen MR) is 121 cm³/mol. The van der Waals surface area contributed by atoms with Gasteiger partial charge in [-0.3, -0.25) is 4.79 Å². The Morgan fingerprint density at radius 3 is 2.62 bits per heavy atom. The Kier molecular flexibility index (Phi) is 4.80. The highest BCUT2D eigenvalue weighted by Crippen LogP contribution is 2.70. The van der Waals surface area contributed by atoms with E-state index in [2.05, 4.69) is 18.7 Å². The molecule has 2 aliphatic carbocycles. The van der Waals surface area contributed by atoms with Crippen molar-refractivity contribution in [3.05, 3.63) is 34.9 Å². The lowest BCUT2D eigenvalue weighted by Gasteiger charge is -2.49.